The minimum Gasteiger partial charge on any atom is -0.323 e. The molecule has 1 rings (SSSR count). The molecule has 0 saturated heterocycles. The fraction of sp³-hybridized carbons (Fsp3) is 0.556. The molecule has 92 valence electrons. The molecule has 0 saturated carbocycles. The number of thiophene rings is 1. The zero-order chi connectivity index (χ0) is 12.3. The van der Waals surface area contributed by atoms with Gasteiger partial charge in [-0.3, -0.25) is 0 Å². The first-order chi connectivity index (χ1) is 7.29. The number of rotatable bonds is 5. The minimum atomic E-state index is -2.88. The van der Waals surface area contributed by atoms with E-state index in [9.17, 15) is 8.42 Å². The van der Waals surface area contributed by atoms with Gasteiger partial charge in [0.2, 0.25) is 0 Å². The summed E-state index contributed by atoms with van der Waals surface area (Å²) < 4.78 is 23.9. The van der Waals surface area contributed by atoms with Crippen LogP contribution in [0.25, 0.3) is 0 Å². The average Bonchev–Trinajstić information content (AvgIpc) is 2.45. The van der Waals surface area contributed by atoms with E-state index in [1.807, 2.05) is 6.07 Å². The summed E-state index contributed by atoms with van der Waals surface area (Å²) in [7, 11) is -2.88. The normalized spacial score (nSPS) is 14.0. The third-order valence-corrected chi connectivity index (χ3v) is 6.48. The van der Waals surface area contributed by atoms with E-state index < -0.39 is 9.84 Å². The Bertz CT molecular complexity index is 437. The van der Waals surface area contributed by atoms with Gasteiger partial charge in [0, 0.05) is 27.4 Å². The van der Waals surface area contributed by atoms with Gasteiger partial charge in [-0.25, -0.2) is 8.42 Å². The van der Waals surface area contributed by atoms with E-state index >= 15 is 0 Å². The molecule has 7 heteroatoms. The molecule has 1 atom stereocenters. The molecule has 0 fully saturated rings. The van der Waals surface area contributed by atoms with E-state index in [2.05, 4.69) is 31.9 Å². The summed E-state index contributed by atoms with van der Waals surface area (Å²) in [6, 6.07) is 1.88. The topological polar surface area (TPSA) is 60.2 Å². The molecule has 0 aliphatic carbocycles. The Kier molecular flexibility index (Phi) is 5.44. The van der Waals surface area contributed by atoms with E-state index in [1.54, 1.807) is 11.3 Å². The highest BCUT2D eigenvalue weighted by atomic mass is 79.9. The number of nitrogens with two attached hydrogens (primary N) is 1. The van der Waals surface area contributed by atoms with Crippen LogP contribution in [-0.4, -0.2) is 20.4 Å². The van der Waals surface area contributed by atoms with E-state index in [0.717, 1.165) is 13.1 Å². The Hall–Kier alpha value is 0.570. The lowest BCUT2D eigenvalue weighted by Gasteiger charge is -2.08. The Balaban J connectivity index is 2.50. The van der Waals surface area contributed by atoms with E-state index in [1.165, 1.54) is 6.26 Å². The first-order valence-corrected chi connectivity index (χ1v) is 9.14. The van der Waals surface area contributed by atoms with Crippen molar-refractivity contribution in [2.75, 3.05) is 12.0 Å². The van der Waals surface area contributed by atoms with Gasteiger partial charge in [0.25, 0.3) is 0 Å². The van der Waals surface area contributed by atoms with E-state index in [-0.39, 0.29) is 11.8 Å². The van der Waals surface area contributed by atoms with Crippen molar-refractivity contribution in [3.05, 3.63) is 19.2 Å². The highest BCUT2D eigenvalue weighted by molar-refractivity contribution is 9.13. The molecule has 2 N–H and O–H groups in total. The van der Waals surface area contributed by atoms with Crippen LogP contribution in [0.2, 0.25) is 0 Å². The van der Waals surface area contributed by atoms with Crippen LogP contribution in [0.5, 0.6) is 0 Å². The number of hydrogen-bond donors (Lipinski definition) is 1. The van der Waals surface area contributed by atoms with Crippen molar-refractivity contribution >= 4 is 53.0 Å². The Morgan fingerprint density at radius 2 is 2.12 bits per heavy atom. The first kappa shape index (κ1) is 14.6. The van der Waals surface area contributed by atoms with Crippen LogP contribution in [0.1, 0.15) is 23.8 Å². The molecule has 0 bridgehead atoms. The number of hydrogen-bond acceptors (Lipinski definition) is 4. The second-order valence-corrected chi connectivity index (χ2v) is 9.16. The van der Waals surface area contributed by atoms with Crippen molar-refractivity contribution in [2.45, 2.75) is 18.9 Å². The average molecular weight is 391 g/mol. The van der Waals surface area contributed by atoms with Gasteiger partial charge < -0.3 is 5.73 Å². The van der Waals surface area contributed by atoms with Crippen LogP contribution in [-0.2, 0) is 9.84 Å². The summed E-state index contributed by atoms with van der Waals surface area (Å²) in [5.74, 6) is 0.203. The van der Waals surface area contributed by atoms with Gasteiger partial charge in [-0.2, -0.15) is 0 Å². The Morgan fingerprint density at radius 1 is 1.50 bits per heavy atom. The standard InChI is InChI=1S/C9H13Br2NO2S2/c1-16(13,14)4-2-3-7(12)8-5-6(10)9(11)15-8/h5,7H,2-4,12H2,1H3. The molecule has 1 heterocycles. The highest BCUT2D eigenvalue weighted by Gasteiger charge is 2.12. The summed E-state index contributed by atoms with van der Waals surface area (Å²) in [4.78, 5) is 1.06. The highest BCUT2D eigenvalue weighted by Crippen LogP contribution is 2.35. The quantitative estimate of drug-likeness (QED) is 0.840. The molecular formula is C9H13Br2NO2S2. The van der Waals surface area contributed by atoms with Crippen molar-refractivity contribution in [3.8, 4) is 0 Å². The molecule has 1 unspecified atom stereocenters. The van der Waals surface area contributed by atoms with Crippen molar-refractivity contribution in [3.63, 3.8) is 0 Å². The minimum absolute atomic E-state index is 0.0886. The van der Waals surface area contributed by atoms with E-state index in [0.29, 0.717) is 12.8 Å². The second kappa shape index (κ2) is 5.95. The Labute approximate surface area is 117 Å². The van der Waals surface area contributed by atoms with Gasteiger partial charge >= 0.3 is 0 Å². The summed E-state index contributed by atoms with van der Waals surface area (Å²) in [5, 5.41) is 0. The van der Waals surface area contributed by atoms with Crippen molar-refractivity contribution in [2.24, 2.45) is 5.73 Å². The smallest absolute Gasteiger partial charge is 0.147 e. The lowest BCUT2D eigenvalue weighted by Crippen LogP contribution is -2.11. The summed E-state index contributed by atoms with van der Waals surface area (Å²) in [6.07, 6.45) is 2.54. The van der Waals surface area contributed by atoms with E-state index in [4.69, 9.17) is 5.73 Å². The predicted molar refractivity (Wildman–Crippen MR) is 75.6 cm³/mol. The van der Waals surface area contributed by atoms with Crippen LogP contribution >= 0.6 is 43.2 Å². The fourth-order valence-electron chi connectivity index (χ4n) is 1.25. The van der Waals surface area contributed by atoms with Crippen LogP contribution in [0.3, 0.4) is 0 Å². The summed E-state index contributed by atoms with van der Waals surface area (Å²) >= 11 is 8.38. The molecule has 1 aromatic rings. The summed E-state index contributed by atoms with van der Waals surface area (Å²) in [5.41, 5.74) is 5.98. The van der Waals surface area contributed by atoms with Gasteiger partial charge in [-0.15, -0.1) is 11.3 Å². The predicted octanol–water partition coefficient (Wildman–Crippen LogP) is 3.10. The summed E-state index contributed by atoms with van der Waals surface area (Å²) in [6.45, 7) is 0. The third-order valence-electron chi connectivity index (χ3n) is 2.06. The van der Waals surface area contributed by atoms with Gasteiger partial charge in [0.15, 0.2) is 0 Å². The zero-order valence-electron chi connectivity index (χ0n) is 8.74. The van der Waals surface area contributed by atoms with Gasteiger partial charge in [0.05, 0.1) is 3.79 Å². The first-order valence-electron chi connectivity index (χ1n) is 4.67. The van der Waals surface area contributed by atoms with Gasteiger partial charge in [-0.05, 0) is 50.8 Å². The third kappa shape index (κ3) is 4.83. The van der Waals surface area contributed by atoms with Gasteiger partial charge in [0.1, 0.15) is 9.84 Å². The molecular weight excluding hydrogens is 378 g/mol. The molecule has 1 aromatic heterocycles. The largest absolute Gasteiger partial charge is 0.323 e. The molecule has 0 spiro atoms. The zero-order valence-corrected chi connectivity index (χ0v) is 13.5. The molecule has 0 aliphatic rings. The lowest BCUT2D eigenvalue weighted by molar-refractivity contribution is 0.589. The maximum absolute atomic E-state index is 11.0. The molecule has 0 amide bonds. The van der Waals surface area contributed by atoms with Crippen molar-refractivity contribution in [1.29, 1.82) is 0 Å². The van der Waals surface area contributed by atoms with Crippen LogP contribution in [0.15, 0.2) is 14.3 Å². The van der Waals surface area contributed by atoms with Crippen LogP contribution in [0, 0.1) is 0 Å². The maximum atomic E-state index is 11.0. The maximum Gasteiger partial charge on any atom is 0.147 e. The molecule has 0 aromatic carbocycles. The SMILES string of the molecule is CS(=O)(=O)CCCC(N)c1cc(Br)c(Br)s1. The van der Waals surface area contributed by atoms with Crippen LogP contribution < -0.4 is 5.73 Å². The molecule has 16 heavy (non-hydrogen) atoms. The number of halogens is 2. The Morgan fingerprint density at radius 3 is 2.56 bits per heavy atom. The monoisotopic (exact) mass is 389 g/mol. The molecule has 3 nitrogen and oxygen atoms in total. The second-order valence-electron chi connectivity index (χ2n) is 3.65. The number of sulfone groups is 1. The fourth-order valence-corrected chi connectivity index (χ4v) is 4.07. The molecule has 0 radical (unpaired) electrons. The van der Waals surface area contributed by atoms with Crippen molar-refractivity contribution in [1.82, 2.24) is 0 Å². The van der Waals surface area contributed by atoms with Crippen molar-refractivity contribution < 1.29 is 8.42 Å². The van der Waals surface area contributed by atoms with Crippen LogP contribution in [0.4, 0.5) is 0 Å². The lowest BCUT2D eigenvalue weighted by atomic mass is 10.1. The van der Waals surface area contributed by atoms with Gasteiger partial charge in [-0.1, -0.05) is 0 Å². The molecule has 0 aliphatic heterocycles.